The lowest BCUT2D eigenvalue weighted by molar-refractivity contribution is -0.116. The van der Waals surface area contributed by atoms with Crippen molar-refractivity contribution in [2.45, 2.75) is 66.2 Å². The van der Waals surface area contributed by atoms with Gasteiger partial charge in [0.15, 0.2) is 0 Å². The zero-order valence-corrected chi connectivity index (χ0v) is 16.3. The minimum Gasteiger partial charge on any atom is -0.465 e. The van der Waals surface area contributed by atoms with Crippen LogP contribution in [0.25, 0.3) is 0 Å². The summed E-state index contributed by atoms with van der Waals surface area (Å²) in [7, 11) is 1.40. The number of carbonyl (C=O) groups is 2. The predicted molar refractivity (Wildman–Crippen MR) is 98.8 cm³/mol. The normalized spacial score (nSPS) is 17.3. The third-order valence-electron chi connectivity index (χ3n) is 5.40. The number of rotatable bonds is 6. The van der Waals surface area contributed by atoms with Gasteiger partial charge < -0.3 is 10.1 Å². The molecule has 1 atom stereocenters. The second-order valence-corrected chi connectivity index (χ2v) is 8.38. The summed E-state index contributed by atoms with van der Waals surface area (Å²) in [5, 5.41) is 3.60. The monoisotopic (exact) mass is 351 g/mol. The number of fused-ring (bicyclic) bond motifs is 1. The molecule has 0 bridgehead atoms. The van der Waals surface area contributed by atoms with Gasteiger partial charge in [-0.1, -0.05) is 34.1 Å². The molecule has 0 aromatic carbocycles. The molecule has 1 N–H and O–H groups in total. The molecule has 1 aromatic rings. The molecule has 0 radical (unpaired) electrons. The summed E-state index contributed by atoms with van der Waals surface area (Å²) >= 11 is 1.56. The van der Waals surface area contributed by atoms with E-state index < -0.39 is 0 Å². The van der Waals surface area contributed by atoms with E-state index in [1.54, 1.807) is 11.3 Å². The summed E-state index contributed by atoms with van der Waals surface area (Å²) in [6.45, 7) is 8.85. The molecule has 134 valence electrons. The molecule has 24 heavy (non-hydrogen) atoms. The molecule has 0 aliphatic heterocycles. The molecule has 0 saturated carbocycles. The van der Waals surface area contributed by atoms with Crippen LogP contribution >= 0.6 is 11.3 Å². The second-order valence-electron chi connectivity index (χ2n) is 7.28. The van der Waals surface area contributed by atoms with E-state index in [2.05, 4.69) is 26.1 Å². The van der Waals surface area contributed by atoms with E-state index in [0.29, 0.717) is 28.3 Å². The Bertz CT molecular complexity index is 618. The van der Waals surface area contributed by atoms with Crippen LogP contribution in [0.2, 0.25) is 0 Å². The van der Waals surface area contributed by atoms with Gasteiger partial charge in [0.2, 0.25) is 5.91 Å². The number of anilines is 1. The van der Waals surface area contributed by atoms with E-state index in [1.165, 1.54) is 12.0 Å². The Morgan fingerprint density at radius 3 is 2.62 bits per heavy atom. The molecule has 1 aliphatic rings. The Morgan fingerprint density at radius 2 is 2.04 bits per heavy atom. The molecule has 4 nitrogen and oxygen atoms in total. The molecule has 2 rings (SSSR count). The van der Waals surface area contributed by atoms with Gasteiger partial charge >= 0.3 is 5.97 Å². The summed E-state index contributed by atoms with van der Waals surface area (Å²) in [6.07, 6.45) is 5.34. The summed E-state index contributed by atoms with van der Waals surface area (Å²) < 4.78 is 4.97. The van der Waals surface area contributed by atoms with Crippen molar-refractivity contribution in [1.82, 2.24) is 0 Å². The number of methoxy groups -OCH3 is 1. The topological polar surface area (TPSA) is 55.4 Å². The van der Waals surface area contributed by atoms with Crippen LogP contribution in [-0.4, -0.2) is 19.0 Å². The first kappa shape index (κ1) is 19.0. The number of amides is 1. The first-order chi connectivity index (χ1) is 11.3. The molecule has 0 fully saturated rings. The Morgan fingerprint density at radius 1 is 1.33 bits per heavy atom. The zero-order valence-electron chi connectivity index (χ0n) is 15.5. The van der Waals surface area contributed by atoms with E-state index in [4.69, 9.17) is 4.74 Å². The fraction of sp³-hybridized carbons (Fsp3) is 0.684. The molecular formula is C19H29NO3S. The quantitative estimate of drug-likeness (QED) is 0.748. The van der Waals surface area contributed by atoms with Crippen molar-refractivity contribution in [3.63, 3.8) is 0 Å². The van der Waals surface area contributed by atoms with Crippen LogP contribution < -0.4 is 5.32 Å². The number of hydrogen-bond donors (Lipinski definition) is 1. The van der Waals surface area contributed by atoms with Crippen molar-refractivity contribution in [2.24, 2.45) is 11.3 Å². The molecule has 5 heteroatoms. The van der Waals surface area contributed by atoms with Crippen LogP contribution in [0.15, 0.2) is 0 Å². The highest BCUT2D eigenvalue weighted by atomic mass is 32.1. The lowest BCUT2D eigenvalue weighted by atomic mass is 9.69. The minimum atomic E-state index is -0.340. The highest BCUT2D eigenvalue weighted by Gasteiger charge is 2.35. The van der Waals surface area contributed by atoms with Crippen LogP contribution in [0, 0.1) is 11.3 Å². The van der Waals surface area contributed by atoms with E-state index >= 15 is 0 Å². The van der Waals surface area contributed by atoms with Crippen LogP contribution in [-0.2, 0) is 22.4 Å². The van der Waals surface area contributed by atoms with Gasteiger partial charge in [-0.05, 0) is 42.6 Å². The molecule has 0 spiro atoms. The predicted octanol–water partition coefficient (Wildman–Crippen LogP) is 4.81. The molecule has 1 aliphatic carbocycles. The number of thiophene rings is 1. The van der Waals surface area contributed by atoms with Crippen molar-refractivity contribution in [3.05, 3.63) is 16.0 Å². The maximum Gasteiger partial charge on any atom is 0.341 e. The molecule has 0 saturated heterocycles. The Balaban J connectivity index is 2.34. The lowest BCUT2D eigenvalue weighted by Crippen LogP contribution is -2.28. The maximum atomic E-state index is 12.3. The summed E-state index contributed by atoms with van der Waals surface area (Å²) in [5.41, 5.74) is 1.95. The third kappa shape index (κ3) is 3.82. The van der Waals surface area contributed by atoms with Crippen LogP contribution in [0.4, 0.5) is 5.00 Å². The van der Waals surface area contributed by atoms with Gasteiger partial charge in [0, 0.05) is 11.3 Å². The third-order valence-corrected chi connectivity index (χ3v) is 6.57. The number of hydrogen-bond acceptors (Lipinski definition) is 4. The number of ether oxygens (including phenoxy) is 1. The first-order valence-corrected chi connectivity index (χ1v) is 9.68. The van der Waals surface area contributed by atoms with Gasteiger partial charge in [-0.15, -0.1) is 11.3 Å². The van der Waals surface area contributed by atoms with Crippen LogP contribution in [0.3, 0.4) is 0 Å². The van der Waals surface area contributed by atoms with Crippen molar-refractivity contribution < 1.29 is 14.3 Å². The van der Waals surface area contributed by atoms with Crippen LogP contribution in [0.1, 0.15) is 74.2 Å². The van der Waals surface area contributed by atoms with Crippen molar-refractivity contribution >= 4 is 28.2 Å². The average Bonchev–Trinajstić information content (AvgIpc) is 2.91. The van der Waals surface area contributed by atoms with E-state index in [9.17, 15) is 9.59 Å². The molecule has 1 amide bonds. The van der Waals surface area contributed by atoms with Gasteiger partial charge in [-0.25, -0.2) is 4.79 Å². The fourth-order valence-corrected chi connectivity index (χ4v) is 4.70. The smallest absolute Gasteiger partial charge is 0.341 e. The molecule has 1 aromatic heterocycles. The maximum absolute atomic E-state index is 12.3. The largest absolute Gasteiger partial charge is 0.465 e. The summed E-state index contributed by atoms with van der Waals surface area (Å²) in [4.78, 5) is 25.5. The van der Waals surface area contributed by atoms with Gasteiger partial charge in [0.25, 0.3) is 0 Å². The highest BCUT2D eigenvalue weighted by molar-refractivity contribution is 7.17. The second kappa shape index (κ2) is 7.68. The Labute approximate surface area is 149 Å². The SMILES string of the molecule is CCCC(=O)Nc1sc2c(c1C(=O)OC)CCC(C(C)(C)CC)C2. The van der Waals surface area contributed by atoms with Gasteiger partial charge in [-0.3, -0.25) is 4.79 Å². The fourth-order valence-electron chi connectivity index (χ4n) is 3.36. The average molecular weight is 352 g/mol. The van der Waals surface area contributed by atoms with Crippen molar-refractivity contribution in [2.75, 3.05) is 12.4 Å². The van der Waals surface area contributed by atoms with E-state index in [-0.39, 0.29) is 11.9 Å². The summed E-state index contributed by atoms with van der Waals surface area (Å²) in [5.74, 6) is 0.234. The summed E-state index contributed by atoms with van der Waals surface area (Å²) in [6, 6.07) is 0. The van der Waals surface area contributed by atoms with Crippen LogP contribution in [0.5, 0.6) is 0 Å². The molecule has 1 unspecified atom stereocenters. The van der Waals surface area contributed by atoms with Gasteiger partial charge in [0.05, 0.1) is 12.7 Å². The number of carbonyl (C=O) groups excluding carboxylic acids is 2. The van der Waals surface area contributed by atoms with E-state index in [0.717, 1.165) is 37.7 Å². The van der Waals surface area contributed by atoms with E-state index in [1.807, 2.05) is 6.92 Å². The standard InChI is InChI=1S/C19H29NO3S/c1-6-8-15(21)20-17-16(18(22)23-5)13-10-9-12(11-14(13)24-17)19(3,4)7-2/h12H,6-11H2,1-5H3,(H,20,21). The Hall–Kier alpha value is -1.36. The number of esters is 1. The molecule has 1 heterocycles. The molecular weight excluding hydrogens is 322 g/mol. The van der Waals surface area contributed by atoms with Crippen molar-refractivity contribution in [1.29, 1.82) is 0 Å². The zero-order chi connectivity index (χ0) is 17.9. The lowest BCUT2D eigenvalue weighted by Gasteiger charge is -2.36. The van der Waals surface area contributed by atoms with Gasteiger partial charge in [-0.2, -0.15) is 0 Å². The Kier molecular flexibility index (Phi) is 6.07. The first-order valence-electron chi connectivity index (χ1n) is 8.86. The van der Waals surface area contributed by atoms with Gasteiger partial charge in [0.1, 0.15) is 5.00 Å². The minimum absolute atomic E-state index is 0.0355. The number of nitrogens with one attached hydrogen (secondary N) is 1. The highest BCUT2D eigenvalue weighted by Crippen LogP contribution is 2.45. The van der Waals surface area contributed by atoms with Crippen molar-refractivity contribution in [3.8, 4) is 0 Å².